The normalized spacial score (nSPS) is 12.8. The van der Waals surface area contributed by atoms with Crippen LogP contribution in [0.4, 0.5) is 5.69 Å². The highest BCUT2D eigenvalue weighted by atomic mass is 32.2. The minimum absolute atomic E-state index is 0.00283. The highest BCUT2D eigenvalue weighted by Gasteiger charge is 2.24. The third-order valence-corrected chi connectivity index (χ3v) is 6.50. The Hall–Kier alpha value is -3.52. The van der Waals surface area contributed by atoms with Crippen LogP contribution in [-0.2, 0) is 24.2 Å². The van der Waals surface area contributed by atoms with Gasteiger partial charge in [-0.25, -0.2) is 15.0 Å². The zero-order chi connectivity index (χ0) is 21.9. The van der Waals surface area contributed by atoms with E-state index in [-0.39, 0.29) is 22.7 Å². The number of thioether (sulfide) groups is 1. The third-order valence-electron chi connectivity index (χ3n) is 5.54. The number of fused-ring (bicyclic) bond motifs is 2. The molecule has 0 radical (unpaired) electrons. The first-order valence-electron chi connectivity index (χ1n) is 10.5. The van der Waals surface area contributed by atoms with Gasteiger partial charge in [-0.05, 0) is 30.0 Å². The number of rotatable bonds is 6. The second-order valence-electron chi connectivity index (χ2n) is 7.53. The number of anilines is 1. The topological polar surface area (TPSA) is 81.0 Å². The molecule has 0 fully saturated rings. The molecule has 1 aliphatic rings. The number of aryl methyl sites for hydroxylation is 1. The number of aromatic nitrogens is 4. The van der Waals surface area contributed by atoms with Crippen molar-refractivity contribution < 1.29 is 4.79 Å². The Morgan fingerprint density at radius 1 is 1.00 bits per heavy atom. The van der Waals surface area contributed by atoms with Crippen LogP contribution in [0.1, 0.15) is 11.1 Å². The fourth-order valence-corrected chi connectivity index (χ4v) is 4.81. The Morgan fingerprint density at radius 2 is 1.78 bits per heavy atom. The van der Waals surface area contributed by atoms with Gasteiger partial charge in [0.1, 0.15) is 0 Å². The summed E-state index contributed by atoms with van der Waals surface area (Å²) < 4.78 is 1.61. The fourth-order valence-electron chi connectivity index (χ4n) is 3.92. The monoisotopic (exact) mass is 443 g/mol. The smallest absolute Gasteiger partial charge is 0.282 e. The number of amides is 1. The molecular weight excluding hydrogens is 422 g/mol. The highest BCUT2D eigenvalue weighted by molar-refractivity contribution is 7.99. The molecule has 8 heteroatoms. The first kappa shape index (κ1) is 20.4. The minimum atomic E-state index is -0.236. The minimum Gasteiger partial charge on any atom is -0.311 e. The van der Waals surface area contributed by atoms with Crippen molar-refractivity contribution in [2.45, 2.75) is 24.5 Å². The van der Waals surface area contributed by atoms with Gasteiger partial charge >= 0.3 is 0 Å². The number of para-hydroxylation sites is 1. The van der Waals surface area contributed by atoms with Crippen molar-refractivity contribution in [3.63, 3.8) is 0 Å². The van der Waals surface area contributed by atoms with Gasteiger partial charge in [0.05, 0.1) is 5.75 Å². The first-order chi connectivity index (χ1) is 15.7. The van der Waals surface area contributed by atoms with Crippen LogP contribution in [0, 0.1) is 0 Å². The molecule has 32 heavy (non-hydrogen) atoms. The van der Waals surface area contributed by atoms with Crippen molar-refractivity contribution >= 4 is 34.5 Å². The highest BCUT2D eigenvalue weighted by Crippen LogP contribution is 2.28. The molecule has 0 unspecified atom stereocenters. The van der Waals surface area contributed by atoms with Crippen molar-refractivity contribution in [3.05, 3.63) is 88.5 Å². The Morgan fingerprint density at radius 3 is 2.66 bits per heavy atom. The predicted octanol–water partition coefficient (Wildman–Crippen LogP) is 3.11. The summed E-state index contributed by atoms with van der Waals surface area (Å²) in [7, 11) is 0. The summed E-state index contributed by atoms with van der Waals surface area (Å²) in [5, 5.41) is 0.486. The van der Waals surface area contributed by atoms with Crippen LogP contribution < -0.4 is 10.5 Å². The van der Waals surface area contributed by atoms with Crippen LogP contribution in [0.5, 0.6) is 0 Å². The van der Waals surface area contributed by atoms with Crippen LogP contribution in [0.3, 0.4) is 0 Å². The molecule has 0 saturated heterocycles. The van der Waals surface area contributed by atoms with Gasteiger partial charge in [-0.3, -0.25) is 14.2 Å². The molecule has 0 N–H and O–H groups in total. The van der Waals surface area contributed by atoms with Crippen LogP contribution in [0.25, 0.3) is 11.2 Å². The van der Waals surface area contributed by atoms with Crippen LogP contribution >= 0.6 is 11.8 Å². The van der Waals surface area contributed by atoms with Gasteiger partial charge in [-0.1, -0.05) is 60.3 Å². The van der Waals surface area contributed by atoms with E-state index in [0.29, 0.717) is 30.3 Å². The molecule has 7 nitrogen and oxygen atoms in total. The number of nitrogens with zero attached hydrogens (tertiary/aromatic N) is 5. The molecule has 2 aromatic carbocycles. The van der Waals surface area contributed by atoms with E-state index in [1.54, 1.807) is 4.57 Å². The second-order valence-corrected chi connectivity index (χ2v) is 8.47. The zero-order valence-electron chi connectivity index (χ0n) is 17.3. The zero-order valence-corrected chi connectivity index (χ0v) is 18.2. The van der Waals surface area contributed by atoms with Crippen molar-refractivity contribution in [2.24, 2.45) is 0 Å². The van der Waals surface area contributed by atoms with Gasteiger partial charge in [-0.15, -0.1) is 0 Å². The lowest BCUT2D eigenvalue weighted by Crippen LogP contribution is -2.31. The second kappa shape index (κ2) is 8.92. The summed E-state index contributed by atoms with van der Waals surface area (Å²) in [6.45, 7) is 1.13. The molecule has 160 valence electrons. The summed E-state index contributed by atoms with van der Waals surface area (Å²) in [5.74, 6) is 0.195. The van der Waals surface area contributed by atoms with E-state index in [9.17, 15) is 9.59 Å². The molecule has 3 heterocycles. The molecule has 1 aliphatic heterocycles. The van der Waals surface area contributed by atoms with E-state index < -0.39 is 0 Å². The first-order valence-corrected chi connectivity index (χ1v) is 11.5. The lowest BCUT2D eigenvalue weighted by atomic mass is 10.1. The van der Waals surface area contributed by atoms with Crippen molar-refractivity contribution in [3.8, 4) is 0 Å². The number of hydrogen-bond acceptors (Lipinski definition) is 6. The standard InChI is InChI=1S/C24H21N5O2S/c30-20(28-15-11-18-8-4-5-9-19(18)28)16-32-24-27-22-21(25-12-13-26-22)23(31)29(24)14-10-17-6-2-1-3-7-17/h1-9,12-13H,10-11,14-16H2. The van der Waals surface area contributed by atoms with Gasteiger partial charge in [0, 0.05) is 31.2 Å². The maximum Gasteiger partial charge on any atom is 0.282 e. The van der Waals surface area contributed by atoms with Crippen LogP contribution in [0.15, 0.2) is 76.9 Å². The van der Waals surface area contributed by atoms with E-state index in [0.717, 1.165) is 17.7 Å². The summed E-state index contributed by atoms with van der Waals surface area (Å²) >= 11 is 1.27. The summed E-state index contributed by atoms with van der Waals surface area (Å²) in [4.78, 5) is 40.9. The van der Waals surface area contributed by atoms with E-state index in [4.69, 9.17) is 0 Å². The van der Waals surface area contributed by atoms with E-state index in [1.807, 2.05) is 53.4 Å². The Bertz CT molecular complexity index is 1340. The van der Waals surface area contributed by atoms with Crippen molar-refractivity contribution in [1.29, 1.82) is 0 Å². The van der Waals surface area contributed by atoms with Gasteiger partial charge in [0.15, 0.2) is 16.3 Å². The van der Waals surface area contributed by atoms with Gasteiger partial charge in [0.25, 0.3) is 5.56 Å². The summed E-state index contributed by atoms with van der Waals surface area (Å²) in [6.07, 6.45) is 4.55. The van der Waals surface area contributed by atoms with Crippen molar-refractivity contribution in [1.82, 2.24) is 19.5 Å². The molecule has 0 saturated carbocycles. The molecule has 4 aromatic rings. The van der Waals surface area contributed by atoms with E-state index >= 15 is 0 Å². The lowest BCUT2D eigenvalue weighted by Gasteiger charge is -2.18. The Kier molecular flexibility index (Phi) is 5.68. The number of carbonyl (C=O) groups excluding carboxylic acids is 1. The van der Waals surface area contributed by atoms with E-state index in [2.05, 4.69) is 21.0 Å². The summed E-state index contributed by atoms with van der Waals surface area (Å²) in [5.41, 5.74) is 3.58. The number of carbonyl (C=O) groups is 1. The Balaban J connectivity index is 1.41. The van der Waals surface area contributed by atoms with Gasteiger partial charge in [0.2, 0.25) is 5.91 Å². The average molecular weight is 444 g/mol. The number of benzene rings is 2. The fraction of sp³-hybridized carbons (Fsp3) is 0.208. The van der Waals surface area contributed by atoms with Crippen LogP contribution in [0.2, 0.25) is 0 Å². The largest absolute Gasteiger partial charge is 0.311 e. The lowest BCUT2D eigenvalue weighted by molar-refractivity contribution is -0.116. The quantitative estimate of drug-likeness (QED) is 0.336. The Labute approximate surface area is 189 Å². The molecular formula is C24H21N5O2S. The maximum absolute atomic E-state index is 13.1. The SMILES string of the molecule is O=C(CSc1nc2nccnc2c(=O)n1CCc1ccccc1)N1CCc2ccccc21. The molecule has 0 atom stereocenters. The molecule has 0 aliphatic carbocycles. The average Bonchev–Trinajstić information content (AvgIpc) is 3.27. The molecule has 2 aromatic heterocycles. The molecule has 1 amide bonds. The van der Waals surface area contributed by atoms with Gasteiger partial charge in [-0.2, -0.15) is 0 Å². The molecule has 0 spiro atoms. The van der Waals surface area contributed by atoms with Crippen molar-refractivity contribution in [2.75, 3.05) is 17.2 Å². The predicted molar refractivity (Wildman–Crippen MR) is 125 cm³/mol. The third kappa shape index (κ3) is 4.01. The van der Waals surface area contributed by atoms with E-state index in [1.165, 1.54) is 29.7 Å². The number of hydrogen-bond donors (Lipinski definition) is 0. The maximum atomic E-state index is 13.1. The summed E-state index contributed by atoms with van der Waals surface area (Å²) in [6, 6.07) is 17.9. The molecule has 0 bridgehead atoms. The van der Waals surface area contributed by atoms with Gasteiger partial charge < -0.3 is 4.90 Å². The van der Waals surface area contributed by atoms with Crippen LogP contribution in [-0.4, -0.2) is 37.7 Å². The molecule has 5 rings (SSSR count).